The fourth-order valence-corrected chi connectivity index (χ4v) is 7.68. The topological polar surface area (TPSA) is 78.9 Å². The van der Waals surface area contributed by atoms with Gasteiger partial charge in [-0.1, -0.05) is 60.9 Å². The van der Waals surface area contributed by atoms with Crippen LogP contribution >= 0.6 is 0 Å². The molecule has 6 nitrogen and oxygen atoms in total. The predicted molar refractivity (Wildman–Crippen MR) is 190 cm³/mol. The van der Waals surface area contributed by atoms with Gasteiger partial charge in [0, 0.05) is 5.56 Å². The van der Waals surface area contributed by atoms with Crippen molar-refractivity contribution < 1.29 is 28.6 Å². The predicted octanol–water partition coefficient (Wildman–Crippen LogP) is 9.61. The summed E-state index contributed by atoms with van der Waals surface area (Å²) in [5, 5.41) is 0. The Kier molecular flexibility index (Phi) is 11.8. The van der Waals surface area contributed by atoms with Gasteiger partial charge in [-0.05, 0) is 116 Å². The third-order valence-corrected chi connectivity index (χ3v) is 10.6. The second-order valence-electron chi connectivity index (χ2n) is 14.8. The summed E-state index contributed by atoms with van der Waals surface area (Å²) in [6.45, 7) is 22.6. The van der Waals surface area contributed by atoms with Crippen LogP contribution < -0.4 is 9.47 Å². The SMILES string of the molecule is C=C(C)[C@H](CC=C(C)C)C[C@]12C[C@H](CC=C(C)C)C(C)(C)[C@](CC=C(C)C)(C(=O)C(C(=O)c3ccc(OC)c(OC)c3)=C1OC)C2=O. The van der Waals surface area contributed by atoms with E-state index in [1.807, 2.05) is 40.7 Å². The van der Waals surface area contributed by atoms with E-state index in [-0.39, 0.29) is 40.9 Å². The number of hydrogen-bond acceptors (Lipinski definition) is 6. The van der Waals surface area contributed by atoms with E-state index in [9.17, 15) is 4.79 Å². The highest BCUT2D eigenvalue weighted by Crippen LogP contribution is 2.67. The maximum absolute atomic E-state index is 15.6. The summed E-state index contributed by atoms with van der Waals surface area (Å²) in [6.07, 6.45) is 8.81. The molecule has 2 bridgehead atoms. The van der Waals surface area contributed by atoms with E-state index < -0.39 is 27.8 Å². The van der Waals surface area contributed by atoms with Crippen LogP contribution in [0.1, 0.15) is 105 Å². The van der Waals surface area contributed by atoms with Gasteiger partial charge in [0.2, 0.25) is 0 Å². The third-order valence-electron chi connectivity index (χ3n) is 10.6. The summed E-state index contributed by atoms with van der Waals surface area (Å²) in [5.41, 5.74) is 1.06. The zero-order chi connectivity index (χ0) is 35.5. The van der Waals surface area contributed by atoms with Crippen LogP contribution in [0.5, 0.6) is 11.5 Å². The highest BCUT2D eigenvalue weighted by molar-refractivity contribution is 6.35. The van der Waals surface area contributed by atoms with Crippen molar-refractivity contribution in [1.82, 2.24) is 0 Å². The highest BCUT2D eigenvalue weighted by atomic mass is 16.5. The Labute approximate surface area is 283 Å². The lowest BCUT2D eigenvalue weighted by atomic mass is 9.39. The molecule has 0 aliphatic heterocycles. The molecule has 0 amide bonds. The van der Waals surface area contributed by atoms with Crippen molar-refractivity contribution in [3.8, 4) is 11.5 Å². The number of ether oxygens (including phenoxy) is 3. The third kappa shape index (κ3) is 6.84. The van der Waals surface area contributed by atoms with E-state index in [0.29, 0.717) is 37.2 Å². The fourth-order valence-electron chi connectivity index (χ4n) is 7.68. The molecular weight excluding hydrogens is 588 g/mol. The molecule has 1 aromatic carbocycles. The average molecular weight is 645 g/mol. The van der Waals surface area contributed by atoms with Crippen molar-refractivity contribution in [3.05, 3.63) is 82.2 Å². The Morgan fingerprint density at radius 3 is 2.00 bits per heavy atom. The number of Topliss-reactive ketones (excluding diaryl/α,β-unsaturated/α-hetero) is 3. The first-order valence-corrected chi connectivity index (χ1v) is 16.7. The number of ketones is 3. The zero-order valence-electron chi connectivity index (χ0n) is 30.8. The molecule has 1 aromatic rings. The van der Waals surface area contributed by atoms with Gasteiger partial charge < -0.3 is 14.2 Å². The van der Waals surface area contributed by atoms with Gasteiger partial charge in [0.1, 0.15) is 16.7 Å². The summed E-state index contributed by atoms with van der Waals surface area (Å²) in [7, 11) is 4.52. The first-order chi connectivity index (χ1) is 21.9. The molecule has 4 atom stereocenters. The second kappa shape index (κ2) is 14.6. The van der Waals surface area contributed by atoms with Gasteiger partial charge in [0.25, 0.3) is 0 Å². The summed E-state index contributed by atoms with van der Waals surface area (Å²) < 4.78 is 17.1. The van der Waals surface area contributed by atoms with E-state index in [2.05, 4.69) is 46.4 Å². The van der Waals surface area contributed by atoms with Gasteiger partial charge in [-0.3, -0.25) is 14.4 Å². The summed E-state index contributed by atoms with van der Waals surface area (Å²) >= 11 is 0. The van der Waals surface area contributed by atoms with E-state index in [4.69, 9.17) is 14.2 Å². The molecule has 0 aromatic heterocycles. The van der Waals surface area contributed by atoms with Crippen molar-refractivity contribution >= 4 is 17.3 Å². The molecule has 0 heterocycles. The van der Waals surface area contributed by atoms with Crippen LogP contribution in [0.15, 0.2) is 76.6 Å². The lowest BCUT2D eigenvalue weighted by molar-refractivity contribution is -0.173. The van der Waals surface area contributed by atoms with E-state index in [1.54, 1.807) is 18.2 Å². The van der Waals surface area contributed by atoms with Crippen LogP contribution in [0.4, 0.5) is 0 Å². The summed E-state index contributed by atoms with van der Waals surface area (Å²) in [6, 6.07) is 4.88. The number of methoxy groups -OCH3 is 3. The lowest BCUT2D eigenvalue weighted by Gasteiger charge is -2.61. The Balaban J connectivity index is 2.51. The molecule has 2 aliphatic carbocycles. The standard InChI is InChI=1S/C41H56O6/c1-25(2)14-16-30(28(7)8)23-40-24-31(18-15-26(3)4)39(9,10)41(38(40)44,21-20-27(5)6)36(43)34(37(40)47-13)35(42)29-17-19-32(45-11)33(22-29)46-12/h14-15,17,19-20,22,30-31H,7,16,18,21,23-24H2,1-6,8-13H3/t30-,31+,40+,41-/m1/s1. The molecular formula is C41H56O6. The Morgan fingerprint density at radius 1 is 0.894 bits per heavy atom. The van der Waals surface area contributed by atoms with Crippen LogP contribution in [0.25, 0.3) is 0 Å². The average Bonchev–Trinajstić information content (AvgIpc) is 3.00. The minimum atomic E-state index is -1.48. The molecule has 3 rings (SSSR count). The van der Waals surface area contributed by atoms with Gasteiger partial charge in [0.05, 0.1) is 26.7 Å². The number of hydrogen-bond donors (Lipinski definition) is 0. The molecule has 1 fully saturated rings. The van der Waals surface area contributed by atoms with Gasteiger partial charge in [0.15, 0.2) is 28.8 Å². The van der Waals surface area contributed by atoms with Gasteiger partial charge in [-0.2, -0.15) is 0 Å². The Bertz CT molecular complexity index is 1540. The number of benzene rings is 1. The molecule has 1 saturated carbocycles. The zero-order valence-corrected chi connectivity index (χ0v) is 30.8. The number of carbonyl (C=O) groups is 3. The molecule has 0 unspecified atom stereocenters. The normalized spacial score (nSPS) is 23.8. The minimum Gasteiger partial charge on any atom is -0.499 e. The molecule has 47 heavy (non-hydrogen) atoms. The molecule has 6 heteroatoms. The van der Waals surface area contributed by atoms with Crippen LogP contribution in [-0.2, 0) is 14.3 Å². The van der Waals surface area contributed by atoms with E-state index in [0.717, 1.165) is 11.1 Å². The molecule has 2 aliphatic rings. The van der Waals surface area contributed by atoms with Crippen molar-refractivity contribution in [2.75, 3.05) is 21.3 Å². The van der Waals surface area contributed by atoms with Crippen LogP contribution in [0.3, 0.4) is 0 Å². The second-order valence-corrected chi connectivity index (χ2v) is 14.8. The number of allylic oxidation sites excluding steroid dienone is 9. The monoisotopic (exact) mass is 644 g/mol. The van der Waals surface area contributed by atoms with Crippen LogP contribution in [0.2, 0.25) is 0 Å². The maximum atomic E-state index is 15.6. The van der Waals surface area contributed by atoms with Gasteiger partial charge in [-0.15, -0.1) is 0 Å². The quantitative estimate of drug-likeness (QED) is 0.0869. The summed E-state index contributed by atoms with van der Waals surface area (Å²) in [5.74, 6) is -0.182. The molecule has 0 radical (unpaired) electrons. The maximum Gasteiger partial charge on any atom is 0.200 e. The Morgan fingerprint density at radius 2 is 1.49 bits per heavy atom. The smallest absolute Gasteiger partial charge is 0.200 e. The van der Waals surface area contributed by atoms with Crippen molar-refractivity contribution in [1.29, 1.82) is 0 Å². The Hall–Kier alpha value is -3.67. The first kappa shape index (κ1) is 37.8. The summed E-state index contributed by atoms with van der Waals surface area (Å²) in [4.78, 5) is 45.6. The minimum absolute atomic E-state index is 0.0401. The van der Waals surface area contributed by atoms with Gasteiger partial charge >= 0.3 is 0 Å². The lowest BCUT2D eigenvalue weighted by Crippen LogP contribution is -2.67. The van der Waals surface area contributed by atoms with Gasteiger partial charge in [-0.25, -0.2) is 0 Å². The van der Waals surface area contributed by atoms with Crippen molar-refractivity contribution in [2.24, 2.45) is 28.1 Å². The van der Waals surface area contributed by atoms with E-state index >= 15 is 9.59 Å². The largest absolute Gasteiger partial charge is 0.499 e. The first-order valence-electron chi connectivity index (χ1n) is 16.7. The molecule has 0 spiro atoms. The fraction of sp³-hybridized carbons (Fsp3) is 0.537. The molecule has 0 saturated heterocycles. The molecule has 256 valence electrons. The number of rotatable bonds is 14. The molecule has 0 N–H and O–H groups in total. The number of carbonyl (C=O) groups excluding carboxylic acids is 3. The van der Waals surface area contributed by atoms with E-state index in [1.165, 1.54) is 32.5 Å². The van der Waals surface area contributed by atoms with Crippen molar-refractivity contribution in [2.45, 2.75) is 94.4 Å². The van der Waals surface area contributed by atoms with Crippen LogP contribution in [0, 0.1) is 28.1 Å². The highest BCUT2D eigenvalue weighted by Gasteiger charge is 2.72. The number of fused-ring (bicyclic) bond motifs is 2. The van der Waals surface area contributed by atoms with Crippen LogP contribution in [-0.4, -0.2) is 38.7 Å². The van der Waals surface area contributed by atoms with Crippen molar-refractivity contribution in [3.63, 3.8) is 0 Å².